The maximum atomic E-state index is 3.88. The van der Waals surface area contributed by atoms with E-state index in [1.54, 1.807) is 0 Å². The highest BCUT2D eigenvalue weighted by Gasteiger charge is 2.15. The molecule has 0 fully saturated rings. The van der Waals surface area contributed by atoms with E-state index in [1.807, 2.05) is 0 Å². The SMILES string of the molecule is CCCCCCNc1cc[n+](C(Br)CCCCCCCCC(Br)[n+]2ccc(NCCCCCC)cc2)cc1. The molecular formula is C32H54Br2N4+2. The molecule has 0 aliphatic carbocycles. The van der Waals surface area contributed by atoms with E-state index in [9.17, 15) is 0 Å². The molecule has 2 N–H and O–H groups in total. The van der Waals surface area contributed by atoms with E-state index >= 15 is 0 Å². The van der Waals surface area contributed by atoms with Gasteiger partial charge in [0.25, 0.3) is 0 Å². The molecule has 4 nitrogen and oxygen atoms in total. The van der Waals surface area contributed by atoms with Crippen LogP contribution >= 0.6 is 31.9 Å². The predicted molar refractivity (Wildman–Crippen MR) is 171 cm³/mol. The Hall–Kier alpha value is -1.14. The van der Waals surface area contributed by atoms with Crippen molar-refractivity contribution >= 4 is 43.2 Å². The van der Waals surface area contributed by atoms with Gasteiger partial charge in [-0.1, -0.05) is 78.1 Å². The Bertz CT molecular complexity index is 744. The molecule has 6 heteroatoms. The highest BCUT2D eigenvalue weighted by Crippen LogP contribution is 2.20. The second-order valence-electron chi connectivity index (χ2n) is 10.6. The third-order valence-corrected chi connectivity index (χ3v) is 9.07. The van der Waals surface area contributed by atoms with Gasteiger partial charge in [-0.15, -0.1) is 0 Å². The maximum Gasteiger partial charge on any atom is 0.211 e. The third kappa shape index (κ3) is 14.9. The third-order valence-electron chi connectivity index (χ3n) is 7.21. The number of nitrogens with zero attached hydrogens (tertiary/aromatic N) is 2. The fourth-order valence-corrected chi connectivity index (χ4v) is 5.88. The molecule has 0 aliphatic heterocycles. The van der Waals surface area contributed by atoms with Crippen LogP contribution in [0.15, 0.2) is 49.1 Å². The smallest absolute Gasteiger partial charge is 0.211 e. The molecule has 38 heavy (non-hydrogen) atoms. The first-order valence-electron chi connectivity index (χ1n) is 15.4. The number of hydrogen-bond donors (Lipinski definition) is 2. The van der Waals surface area contributed by atoms with Crippen molar-refractivity contribution in [2.75, 3.05) is 23.7 Å². The summed E-state index contributed by atoms with van der Waals surface area (Å²) in [4.78, 5) is 0.768. The largest absolute Gasteiger partial charge is 0.385 e. The topological polar surface area (TPSA) is 31.8 Å². The Morgan fingerprint density at radius 1 is 0.526 bits per heavy atom. The Morgan fingerprint density at radius 3 is 1.24 bits per heavy atom. The lowest BCUT2D eigenvalue weighted by Crippen LogP contribution is -2.35. The molecule has 0 amide bonds. The zero-order valence-corrected chi connectivity index (χ0v) is 27.3. The minimum absolute atomic E-state index is 0.384. The highest BCUT2D eigenvalue weighted by molar-refractivity contribution is 9.09. The van der Waals surface area contributed by atoms with Gasteiger partial charge in [0.15, 0.2) is 24.8 Å². The number of unbranched alkanes of at least 4 members (excludes halogenated alkanes) is 11. The lowest BCUT2D eigenvalue weighted by Gasteiger charge is -2.09. The summed E-state index contributed by atoms with van der Waals surface area (Å²) in [5.74, 6) is 0. The van der Waals surface area contributed by atoms with Gasteiger partial charge in [0.1, 0.15) is 0 Å². The first-order valence-corrected chi connectivity index (χ1v) is 17.2. The van der Waals surface area contributed by atoms with Crippen LogP contribution in [0.25, 0.3) is 0 Å². The first kappa shape index (κ1) is 33.1. The van der Waals surface area contributed by atoms with E-state index in [4.69, 9.17) is 0 Å². The summed E-state index contributed by atoms with van der Waals surface area (Å²) in [5.41, 5.74) is 2.45. The average molecular weight is 655 g/mol. The number of alkyl halides is 2. The van der Waals surface area contributed by atoms with Gasteiger partial charge in [-0.3, -0.25) is 0 Å². The van der Waals surface area contributed by atoms with E-state index in [-0.39, 0.29) is 0 Å². The summed E-state index contributed by atoms with van der Waals surface area (Å²) in [6.45, 7) is 6.66. The van der Waals surface area contributed by atoms with E-state index in [2.05, 4.69) is 115 Å². The summed E-state index contributed by atoms with van der Waals surface area (Å²) in [5, 5.41) is 7.08. The Kier molecular flexibility index (Phi) is 18.8. The fourth-order valence-electron chi connectivity index (χ4n) is 4.69. The normalized spacial score (nSPS) is 12.8. The summed E-state index contributed by atoms with van der Waals surface area (Å²) in [6.07, 6.45) is 29.4. The zero-order valence-electron chi connectivity index (χ0n) is 24.2. The molecule has 2 atom stereocenters. The van der Waals surface area contributed by atoms with Gasteiger partial charge in [0.05, 0.1) is 0 Å². The number of pyridine rings is 2. The number of anilines is 2. The van der Waals surface area contributed by atoms with E-state index in [1.165, 1.54) is 114 Å². The van der Waals surface area contributed by atoms with Crippen molar-refractivity contribution in [2.24, 2.45) is 0 Å². The van der Waals surface area contributed by atoms with Gasteiger partial charge in [0, 0.05) is 61.6 Å². The van der Waals surface area contributed by atoms with Crippen LogP contribution in [0.3, 0.4) is 0 Å². The molecule has 0 aromatic carbocycles. The first-order chi connectivity index (χ1) is 18.6. The molecule has 0 radical (unpaired) electrons. The highest BCUT2D eigenvalue weighted by atomic mass is 79.9. The molecule has 0 spiro atoms. The molecule has 0 bridgehead atoms. The number of rotatable bonds is 23. The van der Waals surface area contributed by atoms with E-state index in [0.29, 0.717) is 9.90 Å². The Labute approximate surface area is 250 Å². The molecule has 2 heterocycles. The average Bonchev–Trinajstić information content (AvgIpc) is 2.94. The molecule has 2 aromatic heterocycles. The van der Waals surface area contributed by atoms with Gasteiger partial charge in [0.2, 0.25) is 9.90 Å². The predicted octanol–water partition coefficient (Wildman–Crippen LogP) is 9.85. The van der Waals surface area contributed by atoms with Crippen molar-refractivity contribution < 1.29 is 9.13 Å². The Morgan fingerprint density at radius 2 is 0.868 bits per heavy atom. The maximum absolute atomic E-state index is 3.88. The van der Waals surface area contributed by atoms with E-state index < -0.39 is 0 Å². The van der Waals surface area contributed by atoms with Crippen molar-refractivity contribution in [1.82, 2.24) is 0 Å². The van der Waals surface area contributed by atoms with Gasteiger partial charge < -0.3 is 10.6 Å². The zero-order chi connectivity index (χ0) is 27.3. The van der Waals surface area contributed by atoms with Crippen molar-refractivity contribution in [3.8, 4) is 0 Å². The van der Waals surface area contributed by atoms with Crippen molar-refractivity contribution in [1.29, 1.82) is 0 Å². The second-order valence-corrected chi connectivity index (χ2v) is 12.7. The van der Waals surface area contributed by atoms with E-state index in [0.717, 1.165) is 13.1 Å². The number of aromatic nitrogens is 2. The molecule has 0 aliphatic rings. The van der Waals surface area contributed by atoms with Crippen LogP contribution in [-0.2, 0) is 0 Å². The fraction of sp³-hybridized carbons (Fsp3) is 0.688. The van der Waals surface area contributed by atoms with Crippen LogP contribution in [0.1, 0.15) is 126 Å². The molecule has 0 saturated heterocycles. The van der Waals surface area contributed by atoms with Gasteiger partial charge in [-0.25, -0.2) is 0 Å². The molecule has 0 saturated carbocycles. The summed E-state index contributed by atoms with van der Waals surface area (Å²) in [7, 11) is 0. The van der Waals surface area contributed by atoms with Crippen LogP contribution in [0.5, 0.6) is 0 Å². The molecule has 2 aromatic rings. The van der Waals surface area contributed by atoms with Crippen molar-refractivity contribution in [3.05, 3.63) is 49.1 Å². The second kappa shape index (κ2) is 21.7. The molecule has 2 rings (SSSR count). The van der Waals surface area contributed by atoms with Crippen LogP contribution in [0.4, 0.5) is 11.4 Å². The van der Waals surface area contributed by atoms with Crippen molar-refractivity contribution in [2.45, 2.75) is 126 Å². The lowest BCUT2D eigenvalue weighted by molar-refractivity contribution is -0.698. The minimum atomic E-state index is 0.384. The van der Waals surface area contributed by atoms with Gasteiger partial charge >= 0.3 is 0 Å². The number of nitrogens with one attached hydrogen (secondary N) is 2. The van der Waals surface area contributed by atoms with Gasteiger partial charge in [-0.2, -0.15) is 9.13 Å². The standard InChI is InChI=1S/C32H52Br2N4/c1-3-5-7-15-23-35-29-19-25-37(26-20-29)31(33)17-13-11-9-10-12-14-18-32(34)38-27-21-30(22-28-38)36-24-16-8-6-4-2/h19-22,25-28,31-32H,3-18,23-24H2,1-2H3/p+2. The monoisotopic (exact) mass is 652 g/mol. The number of halogens is 2. The van der Waals surface area contributed by atoms with Gasteiger partial charge in [-0.05, 0) is 57.5 Å². The quantitative estimate of drug-likeness (QED) is 0.0711. The van der Waals surface area contributed by atoms with Crippen LogP contribution in [0, 0.1) is 0 Å². The molecule has 214 valence electrons. The molecule has 2 unspecified atom stereocenters. The van der Waals surface area contributed by atoms with Crippen molar-refractivity contribution in [3.63, 3.8) is 0 Å². The van der Waals surface area contributed by atoms with Crippen LogP contribution < -0.4 is 19.8 Å². The number of hydrogen-bond acceptors (Lipinski definition) is 2. The molecular weight excluding hydrogens is 600 g/mol. The lowest BCUT2D eigenvalue weighted by atomic mass is 10.1. The summed E-state index contributed by atoms with van der Waals surface area (Å²) in [6, 6.07) is 8.80. The van der Waals surface area contributed by atoms with Crippen LogP contribution in [0.2, 0.25) is 0 Å². The summed E-state index contributed by atoms with van der Waals surface area (Å²) < 4.78 is 4.57. The Balaban J connectivity index is 1.49. The van der Waals surface area contributed by atoms with Crippen LogP contribution in [-0.4, -0.2) is 13.1 Å². The minimum Gasteiger partial charge on any atom is -0.385 e. The summed E-state index contributed by atoms with van der Waals surface area (Å²) >= 11 is 7.76.